The summed E-state index contributed by atoms with van der Waals surface area (Å²) in [5, 5.41) is 17.1. The third-order valence-corrected chi connectivity index (χ3v) is 3.59. The van der Waals surface area contributed by atoms with Gasteiger partial charge in [0.2, 0.25) is 5.82 Å². The van der Waals surface area contributed by atoms with Gasteiger partial charge in [-0.05, 0) is 24.6 Å². The Labute approximate surface area is 139 Å². The van der Waals surface area contributed by atoms with Crippen LogP contribution in [0.2, 0.25) is 0 Å². The van der Waals surface area contributed by atoms with E-state index in [2.05, 4.69) is 15.4 Å². The number of aromatic nitrogens is 3. The van der Waals surface area contributed by atoms with E-state index in [4.69, 9.17) is 0 Å². The summed E-state index contributed by atoms with van der Waals surface area (Å²) in [5.74, 6) is -0.317. The van der Waals surface area contributed by atoms with E-state index in [9.17, 15) is 9.90 Å². The number of carbonyl (C=O) groups excluding carboxylic acids is 1. The number of aliphatic hydroxyl groups is 1. The lowest BCUT2D eigenvalue weighted by Gasteiger charge is -2.10. The van der Waals surface area contributed by atoms with Crippen molar-refractivity contribution in [2.24, 2.45) is 0 Å². The second-order valence-electron chi connectivity index (χ2n) is 5.54. The molecular formula is C18H18N4O2. The highest BCUT2D eigenvalue weighted by Crippen LogP contribution is 2.14. The molecule has 2 aromatic carbocycles. The van der Waals surface area contributed by atoms with Gasteiger partial charge in [-0.2, -0.15) is 0 Å². The van der Waals surface area contributed by atoms with E-state index in [1.165, 1.54) is 11.0 Å². The first-order valence-electron chi connectivity index (χ1n) is 7.62. The zero-order valence-electron chi connectivity index (χ0n) is 13.3. The van der Waals surface area contributed by atoms with Crippen molar-refractivity contribution >= 4 is 11.6 Å². The number of aliphatic hydroxyl groups excluding tert-OH is 1. The van der Waals surface area contributed by atoms with Crippen LogP contribution in [0, 0.1) is 6.92 Å². The van der Waals surface area contributed by atoms with E-state index in [0.717, 1.165) is 11.1 Å². The average molecular weight is 322 g/mol. The molecule has 0 spiro atoms. The Morgan fingerprint density at radius 1 is 1.17 bits per heavy atom. The Bertz CT molecular complexity index is 813. The summed E-state index contributed by atoms with van der Waals surface area (Å²) in [7, 11) is 0. The zero-order chi connectivity index (χ0) is 16.9. The summed E-state index contributed by atoms with van der Waals surface area (Å²) in [4.78, 5) is 16.2. The maximum atomic E-state index is 12.2. The molecule has 6 heteroatoms. The molecule has 0 saturated heterocycles. The summed E-state index contributed by atoms with van der Waals surface area (Å²) in [6, 6.07) is 16.8. The summed E-state index contributed by atoms with van der Waals surface area (Å²) >= 11 is 0. The fourth-order valence-corrected chi connectivity index (χ4v) is 2.27. The number of anilines is 1. The highest BCUT2D eigenvalue weighted by Gasteiger charge is 2.14. The molecule has 1 heterocycles. The molecule has 24 heavy (non-hydrogen) atoms. The Morgan fingerprint density at radius 3 is 2.58 bits per heavy atom. The largest absolute Gasteiger partial charge is 0.386 e. The van der Waals surface area contributed by atoms with Crippen molar-refractivity contribution < 1.29 is 9.90 Å². The minimum Gasteiger partial charge on any atom is -0.386 e. The van der Waals surface area contributed by atoms with Gasteiger partial charge in [0.05, 0.1) is 12.6 Å². The number of nitrogens with one attached hydrogen (secondary N) is 1. The van der Waals surface area contributed by atoms with E-state index in [1.54, 1.807) is 0 Å². The number of aryl methyl sites for hydroxylation is 1. The van der Waals surface area contributed by atoms with Crippen LogP contribution >= 0.6 is 0 Å². The molecule has 3 rings (SSSR count). The van der Waals surface area contributed by atoms with Crippen molar-refractivity contribution in [1.29, 1.82) is 0 Å². The quantitative estimate of drug-likeness (QED) is 0.756. The van der Waals surface area contributed by atoms with Gasteiger partial charge in [-0.1, -0.05) is 48.0 Å². The summed E-state index contributed by atoms with van der Waals surface area (Å²) in [6.45, 7) is 2.21. The van der Waals surface area contributed by atoms with Crippen LogP contribution in [-0.4, -0.2) is 25.8 Å². The van der Waals surface area contributed by atoms with Gasteiger partial charge in [-0.25, -0.2) is 9.67 Å². The number of nitrogens with zero attached hydrogens (tertiary/aromatic N) is 3. The number of hydrogen-bond donors (Lipinski definition) is 2. The Kier molecular flexibility index (Phi) is 4.67. The molecule has 122 valence electrons. The highest BCUT2D eigenvalue weighted by atomic mass is 16.3. The predicted octanol–water partition coefficient (Wildman–Crippen LogP) is 2.57. The normalized spacial score (nSPS) is 11.9. The van der Waals surface area contributed by atoms with E-state index >= 15 is 0 Å². The third-order valence-electron chi connectivity index (χ3n) is 3.59. The van der Waals surface area contributed by atoms with E-state index in [-0.39, 0.29) is 18.3 Å². The van der Waals surface area contributed by atoms with E-state index in [0.29, 0.717) is 5.69 Å². The lowest BCUT2D eigenvalue weighted by molar-refractivity contribution is 0.101. The fraction of sp³-hybridized carbons (Fsp3) is 0.167. The van der Waals surface area contributed by atoms with E-state index < -0.39 is 6.10 Å². The Hall–Kier alpha value is -2.99. The second-order valence-corrected chi connectivity index (χ2v) is 5.54. The molecule has 0 unspecified atom stereocenters. The van der Waals surface area contributed by atoms with Gasteiger partial charge in [-0.3, -0.25) is 4.79 Å². The monoisotopic (exact) mass is 322 g/mol. The first-order valence-corrected chi connectivity index (χ1v) is 7.62. The van der Waals surface area contributed by atoms with Crippen molar-refractivity contribution in [3.05, 3.63) is 77.9 Å². The molecule has 0 aliphatic heterocycles. The molecule has 2 N–H and O–H groups in total. The Morgan fingerprint density at radius 2 is 1.88 bits per heavy atom. The topological polar surface area (TPSA) is 80.0 Å². The summed E-state index contributed by atoms with van der Waals surface area (Å²) in [5.41, 5.74) is 2.59. The van der Waals surface area contributed by atoms with Crippen LogP contribution < -0.4 is 5.32 Å². The second kappa shape index (κ2) is 7.06. The van der Waals surface area contributed by atoms with Crippen molar-refractivity contribution in [2.75, 3.05) is 5.32 Å². The van der Waals surface area contributed by atoms with Gasteiger partial charge in [0.15, 0.2) is 0 Å². The molecule has 0 radical (unpaired) electrons. The predicted molar refractivity (Wildman–Crippen MR) is 90.6 cm³/mol. The minimum absolute atomic E-state index is 0.0656. The molecule has 0 fully saturated rings. The zero-order valence-corrected chi connectivity index (χ0v) is 13.3. The van der Waals surface area contributed by atoms with E-state index in [1.807, 2.05) is 61.5 Å². The molecule has 0 aliphatic carbocycles. The molecular weight excluding hydrogens is 304 g/mol. The molecule has 0 saturated carbocycles. The van der Waals surface area contributed by atoms with Crippen LogP contribution in [-0.2, 0) is 6.54 Å². The first-order chi connectivity index (χ1) is 11.6. The maximum Gasteiger partial charge on any atom is 0.295 e. The Balaban J connectivity index is 1.64. The van der Waals surface area contributed by atoms with Crippen molar-refractivity contribution in [1.82, 2.24) is 14.8 Å². The number of amides is 1. The van der Waals surface area contributed by atoms with Gasteiger partial charge in [0.25, 0.3) is 5.91 Å². The molecule has 1 aromatic heterocycles. The molecule has 0 aliphatic rings. The van der Waals surface area contributed by atoms with Crippen LogP contribution in [0.5, 0.6) is 0 Å². The van der Waals surface area contributed by atoms with Crippen molar-refractivity contribution in [3.63, 3.8) is 0 Å². The van der Waals surface area contributed by atoms with Gasteiger partial charge < -0.3 is 10.4 Å². The lowest BCUT2D eigenvalue weighted by atomic mass is 10.1. The van der Waals surface area contributed by atoms with Crippen LogP contribution in [0.4, 0.5) is 5.69 Å². The molecule has 0 bridgehead atoms. The lowest BCUT2D eigenvalue weighted by Crippen LogP contribution is -2.15. The van der Waals surface area contributed by atoms with Crippen LogP contribution in [0.3, 0.4) is 0 Å². The number of benzene rings is 2. The average Bonchev–Trinajstić information content (AvgIpc) is 3.06. The summed E-state index contributed by atoms with van der Waals surface area (Å²) in [6.07, 6.45) is 0.733. The smallest absolute Gasteiger partial charge is 0.295 e. The third kappa shape index (κ3) is 3.85. The van der Waals surface area contributed by atoms with Gasteiger partial charge >= 0.3 is 0 Å². The standard InChI is InChI=1S/C18H18N4O2/c1-13-7-9-15(10-8-13)20-18(24)17-19-12-22(21-17)11-16(23)14-5-3-2-4-6-14/h2-10,12,16,23H,11H2,1H3,(H,20,24)/t16-/m0/s1. The number of rotatable bonds is 5. The fourth-order valence-electron chi connectivity index (χ4n) is 2.27. The highest BCUT2D eigenvalue weighted by molar-refractivity contribution is 6.01. The minimum atomic E-state index is -0.707. The van der Waals surface area contributed by atoms with Crippen molar-refractivity contribution in [3.8, 4) is 0 Å². The molecule has 1 amide bonds. The first kappa shape index (κ1) is 15.9. The van der Waals surface area contributed by atoms with Gasteiger partial charge in [0, 0.05) is 5.69 Å². The maximum absolute atomic E-state index is 12.2. The summed E-state index contributed by atoms with van der Waals surface area (Å²) < 4.78 is 1.46. The van der Waals surface area contributed by atoms with Crippen LogP contribution in [0.25, 0.3) is 0 Å². The SMILES string of the molecule is Cc1ccc(NC(=O)c2ncn(C[C@H](O)c3ccccc3)n2)cc1. The number of carbonyl (C=O) groups is 1. The van der Waals surface area contributed by atoms with Gasteiger partial charge in [0.1, 0.15) is 6.33 Å². The van der Waals surface area contributed by atoms with Crippen LogP contribution in [0.15, 0.2) is 60.9 Å². The van der Waals surface area contributed by atoms with Gasteiger partial charge in [-0.15, -0.1) is 5.10 Å². The van der Waals surface area contributed by atoms with Crippen molar-refractivity contribution in [2.45, 2.75) is 19.6 Å². The number of hydrogen-bond acceptors (Lipinski definition) is 4. The molecule has 3 aromatic rings. The molecule has 1 atom stereocenters. The molecule has 6 nitrogen and oxygen atoms in total. The van der Waals surface area contributed by atoms with Crippen LogP contribution in [0.1, 0.15) is 27.8 Å².